The van der Waals surface area contributed by atoms with Crippen molar-refractivity contribution in [2.45, 2.75) is 20.4 Å². The zero-order valence-electron chi connectivity index (χ0n) is 17.2. The summed E-state index contributed by atoms with van der Waals surface area (Å²) in [4.78, 5) is 9.35. The van der Waals surface area contributed by atoms with Crippen LogP contribution in [0.15, 0.2) is 53.5 Å². The summed E-state index contributed by atoms with van der Waals surface area (Å²) in [5.74, 6) is 2.16. The first-order chi connectivity index (χ1) is 13.7. The number of anilines is 1. The van der Waals surface area contributed by atoms with Crippen LogP contribution in [0.5, 0.6) is 11.5 Å². The molecule has 0 unspecified atom stereocenters. The number of nitrogens with one attached hydrogen (secondary N) is 1. The Morgan fingerprint density at radius 1 is 1.03 bits per heavy atom. The first kappa shape index (κ1) is 23.1. The van der Waals surface area contributed by atoms with Gasteiger partial charge in [0.05, 0.1) is 18.8 Å². The van der Waals surface area contributed by atoms with E-state index in [1.54, 1.807) is 6.07 Å². The van der Waals surface area contributed by atoms with Crippen LogP contribution in [-0.2, 0) is 6.54 Å². The van der Waals surface area contributed by atoms with Crippen molar-refractivity contribution in [1.29, 1.82) is 0 Å². The number of hydrogen-bond acceptors (Lipinski definition) is 4. The summed E-state index contributed by atoms with van der Waals surface area (Å²) in [6, 6.07) is 15.6. The number of guanidine groups is 1. The number of para-hydroxylation sites is 3. The van der Waals surface area contributed by atoms with Gasteiger partial charge in [0.15, 0.2) is 5.96 Å². The lowest BCUT2D eigenvalue weighted by Gasteiger charge is -2.37. The van der Waals surface area contributed by atoms with Gasteiger partial charge in [-0.2, -0.15) is 0 Å². The van der Waals surface area contributed by atoms with Gasteiger partial charge in [-0.1, -0.05) is 30.3 Å². The van der Waals surface area contributed by atoms with Gasteiger partial charge in [0.25, 0.3) is 0 Å². The summed E-state index contributed by atoms with van der Waals surface area (Å²) in [6.07, 6.45) is 0. The Kier molecular flexibility index (Phi) is 9.37. The van der Waals surface area contributed by atoms with Crippen LogP contribution in [0.25, 0.3) is 0 Å². The molecule has 6 nitrogen and oxygen atoms in total. The van der Waals surface area contributed by atoms with E-state index in [1.807, 2.05) is 43.3 Å². The lowest BCUT2D eigenvalue weighted by atomic mass is 10.2. The number of nitrogens with zero attached hydrogens (tertiary/aromatic N) is 3. The van der Waals surface area contributed by atoms with E-state index in [1.165, 1.54) is 0 Å². The summed E-state index contributed by atoms with van der Waals surface area (Å²) >= 11 is 0. The number of phenolic OH excluding ortho intramolecular Hbond substituents is 1. The highest BCUT2D eigenvalue weighted by molar-refractivity contribution is 14.0. The molecular formula is C22H31IN4O2. The predicted molar refractivity (Wildman–Crippen MR) is 130 cm³/mol. The highest BCUT2D eigenvalue weighted by Gasteiger charge is 2.21. The average Bonchev–Trinajstić information content (AvgIpc) is 2.73. The monoisotopic (exact) mass is 510 g/mol. The fraction of sp³-hybridized carbons (Fsp3) is 0.409. The number of hydrogen-bond donors (Lipinski definition) is 2. The van der Waals surface area contributed by atoms with Gasteiger partial charge in [0, 0.05) is 38.3 Å². The van der Waals surface area contributed by atoms with Crippen molar-refractivity contribution in [3.8, 4) is 11.5 Å². The van der Waals surface area contributed by atoms with Gasteiger partial charge in [-0.25, -0.2) is 4.99 Å². The summed E-state index contributed by atoms with van der Waals surface area (Å²) in [5.41, 5.74) is 1.99. The van der Waals surface area contributed by atoms with Crippen LogP contribution < -0.4 is 15.0 Å². The van der Waals surface area contributed by atoms with Crippen LogP contribution in [0.4, 0.5) is 5.69 Å². The van der Waals surface area contributed by atoms with Crippen LogP contribution >= 0.6 is 24.0 Å². The molecule has 1 saturated heterocycles. The predicted octanol–water partition coefficient (Wildman–Crippen LogP) is 3.70. The quantitative estimate of drug-likeness (QED) is 0.353. The van der Waals surface area contributed by atoms with Crippen LogP contribution in [0.2, 0.25) is 0 Å². The molecule has 1 fully saturated rings. The van der Waals surface area contributed by atoms with Crippen LogP contribution in [-0.4, -0.2) is 55.3 Å². The minimum Gasteiger partial charge on any atom is -0.506 e. The van der Waals surface area contributed by atoms with Gasteiger partial charge < -0.3 is 25.0 Å². The van der Waals surface area contributed by atoms with Gasteiger partial charge in [0.1, 0.15) is 11.5 Å². The minimum absolute atomic E-state index is 0. The molecule has 0 bridgehead atoms. The number of ether oxygens (including phenoxy) is 1. The summed E-state index contributed by atoms with van der Waals surface area (Å²) in [7, 11) is 0. The lowest BCUT2D eigenvalue weighted by molar-refractivity contribution is 0.336. The molecule has 0 atom stereocenters. The second kappa shape index (κ2) is 11.7. The second-order valence-corrected chi connectivity index (χ2v) is 6.67. The number of halogens is 1. The van der Waals surface area contributed by atoms with Gasteiger partial charge >= 0.3 is 0 Å². The highest BCUT2D eigenvalue weighted by Crippen LogP contribution is 2.27. The van der Waals surface area contributed by atoms with Crippen LogP contribution in [0.3, 0.4) is 0 Å². The summed E-state index contributed by atoms with van der Waals surface area (Å²) < 4.78 is 5.72. The molecule has 2 N–H and O–H groups in total. The maximum absolute atomic E-state index is 10.1. The molecule has 29 heavy (non-hydrogen) atoms. The van der Waals surface area contributed by atoms with E-state index >= 15 is 0 Å². The van der Waals surface area contributed by atoms with Crippen molar-refractivity contribution in [3.63, 3.8) is 0 Å². The molecule has 0 aromatic heterocycles. The minimum atomic E-state index is 0. The Morgan fingerprint density at radius 2 is 1.72 bits per heavy atom. The van der Waals surface area contributed by atoms with E-state index in [9.17, 15) is 5.11 Å². The molecule has 0 radical (unpaired) electrons. The summed E-state index contributed by atoms with van der Waals surface area (Å²) in [6.45, 7) is 9.53. The molecule has 158 valence electrons. The van der Waals surface area contributed by atoms with E-state index in [2.05, 4.69) is 28.1 Å². The van der Waals surface area contributed by atoms with Gasteiger partial charge in [-0.05, 0) is 32.0 Å². The molecule has 0 spiro atoms. The maximum atomic E-state index is 10.1. The van der Waals surface area contributed by atoms with Gasteiger partial charge in [-0.15, -0.1) is 24.0 Å². The number of rotatable bonds is 6. The van der Waals surface area contributed by atoms with Crippen molar-refractivity contribution in [3.05, 3.63) is 54.1 Å². The van der Waals surface area contributed by atoms with Crippen LogP contribution in [0.1, 0.15) is 19.4 Å². The van der Waals surface area contributed by atoms with Gasteiger partial charge in [0.2, 0.25) is 0 Å². The second-order valence-electron chi connectivity index (χ2n) is 6.67. The average molecular weight is 510 g/mol. The first-order valence-electron chi connectivity index (χ1n) is 9.99. The Bertz CT molecular complexity index is 792. The third-order valence-electron chi connectivity index (χ3n) is 4.81. The van der Waals surface area contributed by atoms with E-state index < -0.39 is 0 Å². The number of aromatic hydroxyl groups is 1. The van der Waals surface area contributed by atoms with Crippen molar-refractivity contribution in [2.24, 2.45) is 4.99 Å². The number of piperazine rings is 1. The topological polar surface area (TPSA) is 60.3 Å². The summed E-state index contributed by atoms with van der Waals surface area (Å²) in [5, 5.41) is 13.5. The Hall–Kier alpha value is -2.16. The number of benzene rings is 2. The molecular weight excluding hydrogens is 479 g/mol. The molecule has 7 heteroatoms. The number of aliphatic imine (C=N–C) groups is 1. The van der Waals surface area contributed by atoms with Crippen molar-refractivity contribution in [2.75, 3.05) is 44.2 Å². The van der Waals surface area contributed by atoms with E-state index in [4.69, 9.17) is 9.73 Å². The fourth-order valence-electron chi connectivity index (χ4n) is 3.41. The standard InChI is InChI=1S/C22H30N4O2.HI/c1-3-23-22(24-17-18-9-5-8-12-21(18)28-4-2)26-15-13-25(14-16-26)19-10-6-7-11-20(19)27;/h5-12,27H,3-4,13-17H2,1-2H3,(H,23,24);1H. The zero-order chi connectivity index (χ0) is 19.8. The Labute approximate surface area is 190 Å². The fourth-order valence-corrected chi connectivity index (χ4v) is 3.41. The molecule has 0 aliphatic carbocycles. The van der Waals surface area contributed by atoms with Crippen molar-refractivity contribution in [1.82, 2.24) is 10.2 Å². The third-order valence-corrected chi connectivity index (χ3v) is 4.81. The SMILES string of the molecule is CCNC(=NCc1ccccc1OCC)N1CCN(c2ccccc2O)CC1.I. The number of phenols is 1. The molecule has 1 heterocycles. The molecule has 1 aliphatic rings. The lowest BCUT2D eigenvalue weighted by Crippen LogP contribution is -2.52. The van der Waals surface area contributed by atoms with E-state index in [-0.39, 0.29) is 24.0 Å². The molecule has 3 rings (SSSR count). The van der Waals surface area contributed by atoms with Crippen LogP contribution in [0, 0.1) is 0 Å². The maximum Gasteiger partial charge on any atom is 0.194 e. The third kappa shape index (κ3) is 6.16. The molecule has 0 amide bonds. The molecule has 0 saturated carbocycles. The Balaban J connectivity index is 0.00000300. The first-order valence-corrected chi connectivity index (χ1v) is 9.99. The smallest absolute Gasteiger partial charge is 0.194 e. The normalized spacial score (nSPS) is 14.3. The van der Waals surface area contributed by atoms with Crippen molar-refractivity contribution < 1.29 is 9.84 Å². The largest absolute Gasteiger partial charge is 0.506 e. The van der Waals surface area contributed by atoms with E-state index in [0.29, 0.717) is 18.9 Å². The molecule has 2 aromatic carbocycles. The molecule has 1 aliphatic heterocycles. The van der Waals surface area contributed by atoms with Gasteiger partial charge in [-0.3, -0.25) is 0 Å². The zero-order valence-corrected chi connectivity index (χ0v) is 19.5. The Morgan fingerprint density at radius 3 is 2.41 bits per heavy atom. The molecule has 2 aromatic rings. The van der Waals surface area contributed by atoms with E-state index in [0.717, 1.165) is 55.7 Å². The van der Waals surface area contributed by atoms with Crippen molar-refractivity contribution >= 4 is 35.6 Å². The highest BCUT2D eigenvalue weighted by atomic mass is 127.